The summed E-state index contributed by atoms with van der Waals surface area (Å²) in [4.78, 5) is 2.48. The van der Waals surface area contributed by atoms with Crippen LogP contribution in [0.1, 0.15) is 138 Å². The molecule has 1 aliphatic heterocycles. The molecule has 1 fully saturated rings. The average molecular weight is 683 g/mol. The summed E-state index contributed by atoms with van der Waals surface area (Å²) in [6.07, 6.45) is 15.4. The van der Waals surface area contributed by atoms with E-state index in [0.717, 1.165) is 53.2 Å². The van der Waals surface area contributed by atoms with Crippen LogP contribution in [0.2, 0.25) is 0 Å². The van der Waals surface area contributed by atoms with Crippen molar-refractivity contribution in [2.75, 3.05) is 6.54 Å². The van der Waals surface area contributed by atoms with Gasteiger partial charge in [0.1, 0.15) is 5.82 Å². The summed E-state index contributed by atoms with van der Waals surface area (Å²) in [5.41, 5.74) is 8.82. The highest BCUT2D eigenvalue weighted by Crippen LogP contribution is 2.24. The van der Waals surface area contributed by atoms with Gasteiger partial charge in [0, 0.05) is 18.3 Å². The molecule has 2 aromatic carbocycles. The van der Waals surface area contributed by atoms with E-state index in [-0.39, 0.29) is 5.82 Å². The zero-order valence-electron chi connectivity index (χ0n) is 33.9. The lowest BCUT2D eigenvalue weighted by Gasteiger charge is -2.25. The Kier molecular flexibility index (Phi) is 26.9. The summed E-state index contributed by atoms with van der Waals surface area (Å²) in [7, 11) is 0. The van der Waals surface area contributed by atoms with Crippen molar-refractivity contribution >= 4 is 5.57 Å². The molecule has 0 radical (unpaired) electrons. The van der Waals surface area contributed by atoms with E-state index < -0.39 is 0 Å². The van der Waals surface area contributed by atoms with Gasteiger partial charge in [-0.15, -0.1) is 6.58 Å². The van der Waals surface area contributed by atoms with Gasteiger partial charge in [-0.2, -0.15) is 5.26 Å². The number of allylic oxidation sites excluding steroid dienone is 8. The largest absolute Gasteiger partial charge is 0.373 e. The number of halogens is 1. The molecule has 1 aliphatic rings. The van der Waals surface area contributed by atoms with Gasteiger partial charge in [0.05, 0.1) is 11.6 Å². The van der Waals surface area contributed by atoms with Crippen LogP contribution in [0, 0.1) is 22.6 Å². The molecule has 1 saturated heterocycles. The predicted octanol–water partition coefficient (Wildman–Crippen LogP) is 14.6. The maximum atomic E-state index is 12.5. The van der Waals surface area contributed by atoms with Crippen molar-refractivity contribution in [1.82, 2.24) is 4.90 Å². The summed E-state index contributed by atoms with van der Waals surface area (Å²) in [6, 6.07) is 17.3. The van der Waals surface area contributed by atoms with Crippen molar-refractivity contribution < 1.29 is 4.39 Å². The SMILES string of the molecule is C=C(C)CC(C)(C)C.C=C(CCCC)N1CCCC1C.C=C/C(=C\C=C(/C)c1ccccc1C#N)C(=C)C.CC.CCCc1cccc(F)c1. The first-order chi connectivity index (χ1) is 23.6. The van der Waals surface area contributed by atoms with E-state index >= 15 is 0 Å². The van der Waals surface area contributed by atoms with Gasteiger partial charge >= 0.3 is 0 Å². The van der Waals surface area contributed by atoms with E-state index in [4.69, 9.17) is 5.26 Å². The first-order valence-electron chi connectivity index (χ1n) is 18.6. The fourth-order valence-electron chi connectivity index (χ4n) is 5.43. The lowest BCUT2D eigenvalue weighted by Crippen LogP contribution is -2.25. The Balaban J connectivity index is 0. The van der Waals surface area contributed by atoms with Crippen molar-refractivity contribution in [3.8, 4) is 6.07 Å². The van der Waals surface area contributed by atoms with Crippen LogP contribution in [0.5, 0.6) is 0 Å². The summed E-state index contributed by atoms with van der Waals surface area (Å²) in [5.74, 6) is -0.133. The highest BCUT2D eigenvalue weighted by atomic mass is 19.1. The molecule has 0 aliphatic carbocycles. The van der Waals surface area contributed by atoms with Gasteiger partial charge in [0.15, 0.2) is 0 Å². The van der Waals surface area contributed by atoms with Gasteiger partial charge in [-0.05, 0) is 112 Å². The zero-order valence-corrected chi connectivity index (χ0v) is 33.9. The molecule has 0 N–H and O–H groups in total. The third-order valence-corrected chi connectivity index (χ3v) is 7.74. The summed E-state index contributed by atoms with van der Waals surface area (Å²) >= 11 is 0. The van der Waals surface area contributed by atoms with E-state index in [1.807, 2.05) is 70.2 Å². The Hall–Kier alpha value is -3.90. The Labute approximate surface area is 308 Å². The third-order valence-electron chi connectivity index (χ3n) is 7.74. The second kappa shape index (κ2) is 27.9. The lowest BCUT2D eigenvalue weighted by molar-refractivity contribution is 0.327. The van der Waals surface area contributed by atoms with Crippen molar-refractivity contribution in [3.05, 3.63) is 138 Å². The monoisotopic (exact) mass is 683 g/mol. The maximum Gasteiger partial charge on any atom is 0.123 e. The van der Waals surface area contributed by atoms with Crippen molar-refractivity contribution in [2.24, 2.45) is 5.41 Å². The van der Waals surface area contributed by atoms with E-state index in [9.17, 15) is 4.39 Å². The number of benzene rings is 2. The molecule has 1 heterocycles. The number of nitriles is 1. The molecule has 0 aromatic heterocycles. The van der Waals surface area contributed by atoms with Crippen molar-refractivity contribution in [1.29, 1.82) is 5.26 Å². The Morgan fingerprint density at radius 2 is 1.62 bits per heavy atom. The molecule has 276 valence electrons. The van der Waals surface area contributed by atoms with Gasteiger partial charge in [-0.25, -0.2) is 4.39 Å². The molecular weight excluding hydrogens is 612 g/mol. The number of hydrogen-bond donors (Lipinski definition) is 0. The number of aryl methyl sites for hydroxylation is 1. The molecule has 1 unspecified atom stereocenters. The van der Waals surface area contributed by atoms with Gasteiger partial charge in [-0.3, -0.25) is 0 Å². The van der Waals surface area contributed by atoms with Gasteiger partial charge in [-0.1, -0.05) is 141 Å². The third kappa shape index (κ3) is 22.7. The zero-order chi connectivity index (χ0) is 38.7. The Morgan fingerprint density at radius 1 is 0.980 bits per heavy atom. The van der Waals surface area contributed by atoms with Gasteiger partial charge in [0.25, 0.3) is 0 Å². The van der Waals surface area contributed by atoms with Crippen molar-refractivity contribution in [3.63, 3.8) is 0 Å². The minimum absolute atomic E-state index is 0.133. The van der Waals surface area contributed by atoms with Crippen LogP contribution >= 0.6 is 0 Å². The molecule has 0 saturated carbocycles. The van der Waals surface area contributed by atoms with E-state index in [1.54, 1.807) is 18.2 Å². The minimum atomic E-state index is -0.133. The van der Waals surface area contributed by atoms with Gasteiger partial charge in [0.2, 0.25) is 0 Å². The Morgan fingerprint density at radius 3 is 2.06 bits per heavy atom. The molecule has 2 aromatic rings. The van der Waals surface area contributed by atoms with Crippen LogP contribution < -0.4 is 0 Å². The maximum absolute atomic E-state index is 12.5. The first kappa shape index (κ1) is 48.2. The number of rotatable bonds is 11. The number of hydrogen-bond acceptors (Lipinski definition) is 2. The summed E-state index contributed by atoms with van der Waals surface area (Å²) < 4.78 is 12.5. The normalized spacial score (nSPS) is 13.7. The molecule has 50 heavy (non-hydrogen) atoms. The van der Waals surface area contributed by atoms with E-state index in [2.05, 4.69) is 85.8 Å². The van der Waals surface area contributed by atoms with Crippen LogP contribution in [0.15, 0.2) is 115 Å². The highest BCUT2D eigenvalue weighted by molar-refractivity contribution is 5.70. The smallest absolute Gasteiger partial charge is 0.123 e. The fraction of sp³-hybridized carbons (Fsp3) is 0.468. The molecule has 3 heteroatoms. The fourth-order valence-corrected chi connectivity index (χ4v) is 5.43. The first-order valence-corrected chi connectivity index (χ1v) is 18.6. The second-order valence-corrected chi connectivity index (χ2v) is 14.0. The molecule has 0 spiro atoms. The van der Waals surface area contributed by atoms with Crippen LogP contribution in [-0.4, -0.2) is 17.5 Å². The molecular formula is C47H71FN2. The molecule has 0 amide bonds. The predicted molar refractivity (Wildman–Crippen MR) is 223 cm³/mol. The standard InChI is InChI=1S/C17H17N.C11H21N.C9H11F.C8H16.C2H6/c1-5-15(13(2)3)11-10-14(4)17-9-7-6-8-16(17)12-18;1-4-5-7-10(2)12-9-6-8-11(12)3;1-2-4-8-5-3-6-9(10)7-8;1-7(2)6-8(3,4)5;1-2/h5-11H,1-2H2,3-4H3;11H,2,4-9H2,1,3H3;3,5-7H,2,4H2,1H3;1,6H2,2-5H3;1-2H3/b14-10+,15-11+;;;;. The molecule has 1 atom stereocenters. The minimum Gasteiger partial charge on any atom is -0.373 e. The number of unbranched alkanes of at least 4 members (excludes halogenated alkanes) is 1. The number of likely N-dealkylation sites (tertiary alicyclic amines) is 1. The molecule has 3 rings (SSSR count). The van der Waals surface area contributed by atoms with Crippen LogP contribution in [0.3, 0.4) is 0 Å². The van der Waals surface area contributed by atoms with E-state index in [0.29, 0.717) is 11.0 Å². The Bertz CT molecular complexity index is 1390. The topological polar surface area (TPSA) is 27.0 Å². The van der Waals surface area contributed by atoms with Crippen LogP contribution in [0.4, 0.5) is 4.39 Å². The number of nitrogens with zero attached hydrogens (tertiary/aromatic N) is 2. The lowest BCUT2D eigenvalue weighted by atomic mass is 9.89. The van der Waals surface area contributed by atoms with Crippen LogP contribution in [-0.2, 0) is 6.42 Å². The summed E-state index contributed by atoms with van der Waals surface area (Å²) in [6.45, 7) is 40.2. The summed E-state index contributed by atoms with van der Waals surface area (Å²) in [5, 5.41) is 9.06. The molecule has 2 nitrogen and oxygen atoms in total. The average Bonchev–Trinajstić information content (AvgIpc) is 3.50. The van der Waals surface area contributed by atoms with Crippen LogP contribution in [0.25, 0.3) is 5.57 Å². The highest BCUT2D eigenvalue weighted by Gasteiger charge is 2.20. The van der Waals surface area contributed by atoms with Crippen molar-refractivity contribution in [2.45, 2.75) is 134 Å². The second-order valence-electron chi connectivity index (χ2n) is 14.0. The quantitative estimate of drug-likeness (QED) is 0.174. The molecule has 0 bridgehead atoms. The van der Waals surface area contributed by atoms with E-state index in [1.165, 1.54) is 56.0 Å². The van der Waals surface area contributed by atoms with Gasteiger partial charge < -0.3 is 4.90 Å².